The molecular formula is C14H17F3N2O. The van der Waals surface area contributed by atoms with Crippen molar-refractivity contribution in [1.82, 2.24) is 5.32 Å². The van der Waals surface area contributed by atoms with Crippen LogP contribution in [0.1, 0.15) is 30.4 Å². The highest BCUT2D eigenvalue weighted by atomic mass is 19.4. The summed E-state index contributed by atoms with van der Waals surface area (Å²) in [7, 11) is 0. The Kier molecular flexibility index (Phi) is 4.04. The molecule has 0 radical (unpaired) electrons. The lowest BCUT2D eigenvalue weighted by atomic mass is 9.68. The molecule has 0 atom stereocenters. The van der Waals surface area contributed by atoms with Gasteiger partial charge in [0.05, 0.1) is 11.0 Å². The summed E-state index contributed by atoms with van der Waals surface area (Å²) in [5.41, 5.74) is 4.82. The van der Waals surface area contributed by atoms with Crippen LogP contribution in [0.5, 0.6) is 0 Å². The first-order valence-electron chi connectivity index (χ1n) is 6.52. The van der Waals surface area contributed by atoms with Crippen LogP contribution in [0.25, 0.3) is 0 Å². The van der Waals surface area contributed by atoms with Gasteiger partial charge in [-0.1, -0.05) is 18.6 Å². The van der Waals surface area contributed by atoms with Gasteiger partial charge in [-0.3, -0.25) is 4.79 Å². The van der Waals surface area contributed by atoms with Crippen molar-refractivity contribution in [3.05, 3.63) is 35.4 Å². The van der Waals surface area contributed by atoms with Gasteiger partial charge in [0.1, 0.15) is 0 Å². The smallest absolute Gasteiger partial charge is 0.352 e. The zero-order valence-corrected chi connectivity index (χ0v) is 11.0. The van der Waals surface area contributed by atoms with Gasteiger partial charge in [0.15, 0.2) is 0 Å². The van der Waals surface area contributed by atoms with E-state index in [0.717, 1.165) is 31.4 Å². The van der Waals surface area contributed by atoms with E-state index in [-0.39, 0.29) is 19.0 Å². The van der Waals surface area contributed by atoms with E-state index in [1.165, 1.54) is 6.07 Å². The third-order valence-corrected chi connectivity index (χ3v) is 3.89. The summed E-state index contributed by atoms with van der Waals surface area (Å²) in [6, 6.07) is 4.96. The maximum absolute atomic E-state index is 12.6. The van der Waals surface area contributed by atoms with Gasteiger partial charge in [0.2, 0.25) is 5.91 Å². The first-order valence-corrected chi connectivity index (χ1v) is 6.52. The van der Waals surface area contributed by atoms with Crippen molar-refractivity contribution in [3.8, 4) is 0 Å². The average molecular weight is 286 g/mol. The first-order chi connectivity index (χ1) is 9.37. The molecule has 1 fully saturated rings. The number of nitrogens with one attached hydrogen (secondary N) is 1. The van der Waals surface area contributed by atoms with Crippen molar-refractivity contribution >= 4 is 5.91 Å². The minimum atomic E-state index is -4.37. The van der Waals surface area contributed by atoms with Gasteiger partial charge >= 0.3 is 6.18 Å². The number of nitrogens with two attached hydrogens (primary N) is 1. The standard InChI is InChI=1S/C14H17F3N2O/c15-14(16,17)11-4-1-3-10(7-11)8-19-12(20)13(9-18)5-2-6-13/h1,3-4,7H,2,5-6,8-9,18H2,(H,19,20). The van der Waals surface area contributed by atoms with E-state index in [4.69, 9.17) is 5.73 Å². The van der Waals surface area contributed by atoms with Crippen molar-refractivity contribution < 1.29 is 18.0 Å². The van der Waals surface area contributed by atoms with Crippen molar-refractivity contribution in [2.75, 3.05) is 6.54 Å². The molecule has 0 bridgehead atoms. The fourth-order valence-corrected chi connectivity index (χ4v) is 2.35. The Morgan fingerprint density at radius 3 is 2.55 bits per heavy atom. The Morgan fingerprint density at radius 2 is 2.05 bits per heavy atom. The number of alkyl halides is 3. The van der Waals surface area contributed by atoms with Gasteiger partial charge in [-0.15, -0.1) is 0 Å². The maximum Gasteiger partial charge on any atom is 0.416 e. The van der Waals surface area contributed by atoms with Crippen LogP contribution in [0.2, 0.25) is 0 Å². The normalized spacial score (nSPS) is 17.4. The predicted molar refractivity (Wildman–Crippen MR) is 68.6 cm³/mol. The summed E-state index contributed by atoms with van der Waals surface area (Å²) in [6.07, 6.45) is -1.91. The van der Waals surface area contributed by atoms with Gasteiger partial charge in [0, 0.05) is 13.1 Å². The molecule has 1 aliphatic rings. The largest absolute Gasteiger partial charge is 0.416 e. The molecule has 0 heterocycles. The highest BCUT2D eigenvalue weighted by molar-refractivity contribution is 5.83. The lowest BCUT2D eigenvalue weighted by Gasteiger charge is -2.39. The minimum absolute atomic E-state index is 0.0878. The van der Waals surface area contributed by atoms with Crippen LogP contribution in [-0.4, -0.2) is 12.5 Å². The van der Waals surface area contributed by atoms with Gasteiger partial charge in [-0.25, -0.2) is 0 Å². The number of carbonyl (C=O) groups excluding carboxylic acids is 1. The Morgan fingerprint density at radius 1 is 1.35 bits per heavy atom. The van der Waals surface area contributed by atoms with E-state index in [2.05, 4.69) is 5.32 Å². The molecule has 0 saturated heterocycles. The predicted octanol–water partition coefficient (Wildman–Crippen LogP) is 2.45. The molecule has 3 nitrogen and oxygen atoms in total. The third-order valence-electron chi connectivity index (χ3n) is 3.89. The molecular weight excluding hydrogens is 269 g/mol. The van der Waals surface area contributed by atoms with Crippen LogP contribution in [0.4, 0.5) is 13.2 Å². The summed E-state index contributed by atoms with van der Waals surface area (Å²) in [6.45, 7) is 0.367. The summed E-state index contributed by atoms with van der Waals surface area (Å²) in [5, 5.41) is 2.69. The lowest BCUT2D eigenvalue weighted by molar-refractivity contribution is -0.137. The summed E-state index contributed by atoms with van der Waals surface area (Å²) in [5.74, 6) is -0.163. The lowest BCUT2D eigenvalue weighted by Crippen LogP contribution is -2.50. The Balaban J connectivity index is 1.99. The number of amides is 1. The van der Waals surface area contributed by atoms with E-state index >= 15 is 0 Å². The second kappa shape index (κ2) is 5.44. The average Bonchev–Trinajstić information content (AvgIpc) is 2.35. The summed E-state index contributed by atoms with van der Waals surface area (Å²) < 4.78 is 37.7. The van der Waals surface area contributed by atoms with Crippen molar-refractivity contribution in [3.63, 3.8) is 0 Å². The number of hydrogen-bond donors (Lipinski definition) is 2. The molecule has 1 amide bonds. The molecule has 110 valence electrons. The molecule has 3 N–H and O–H groups in total. The van der Waals surface area contributed by atoms with E-state index in [0.29, 0.717) is 5.56 Å². The molecule has 20 heavy (non-hydrogen) atoms. The molecule has 1 aliphatic carbocycles. The SMILES string of the molecule is NCC1(C(=O)NCc2cccc(C(F)(F)F)c2)CCC1. The van der Waals surface area contributed by atoms with Gasteiger partial charge in [-0.2, -0.15) is 13.2 Å². The molecule has 1 aromatic carbocycles. The monoisotopic (exact) mass is 286 g/mol. The highest BCUT2D eigenvalue weighted by Gasteiger charge is 2.42. The quantitative estimate of drug-likeness (QED) is 0.893. The van der Waals surface area contributed by atoms with Crippen LogP contribution in [0, 0.1) is 5.41 Å². The third kappa shape index (κ3) is 2.95. The zero-order valence-electron chi connectivity index (χ0n) is 11.0. The molecule has 1 aromatic rings. The zero-order chi connectivity index (χ0) is 14.8. The Hall–Kier alpha value is -1.56. The molecule has 0 spiro atoms. The molecule has 1 saturated carbocycles. The molecule has 0 aromatic heterocycles. The summed E-state index contributed by atoms with van der Waals surface area (Å²) >= 11 is 0. The second-order valence-corrected chi connectivity index (χ2v) is 5.22. The van der Waals surface area contributed by atoms with Crippen LogP contribution < -0.4 is 11.1 Å². The van der Waals surface area contributed by atoms with Crippen LogP contribution in [0.3, 0.4) is 0 Å². The van der Waals surface area contributed by atoms with Crippen molar-refractivity contribution in [2.45, 2.75) is 32.0 Å². The van der Waals surface area contributed by atoms with E-state index < -0.39 is 17.2 Å². The number of hydrogen-bond acceptors (Lipinski definition) is 2. The maximum atomic E-state index is 12.6. The van der Waals surface area contributed by atoms with E-state index in [1.54, 1.807) is 6.07 Å². The number of carbonyl (C=O) groups is 1. The van der Waals surface area contributed by atoms with Crippen molar-refractivity contribution in [2.24, 2.45) is 11.1 Å². The Labute approximate surface area is 115 Å². The molecule has 6 heteroatoms. The van der Waals surface area contributed by atoms with Crippen LogP contribution in [-0.2, 0) is 17.5 Å². The van der Waals surface area contributed by atoms with Crippen molar-refractivity contribution in [1.29, 1.82) is 0 Å². The van der Waals surface area contributed by atoms with Crippen LogP contribution in [0.15, 0.2) is 24.3 Å². The fraction of sp³-hybridized carbons (Fsp3) is 0.500. The first kappa shape index (κ1) is 14.8. The highest BCUT2D eigenvalue weighted by Crippen LogP contribution is 2.40. The van der Waals surface area contributed by atoms with Crippen LogP contribution >= 0.6 is 0 Å². The summed E-state index contributed by atoms with van der Waals surface area (Å²) in [4.78, 5) is 12.0. The number of halogens is 3. The molecule has 0 aliphatic heterocycles. The topological polar surface area (TPSA) is 55.1 Å². The molecule has 0 unspecified atom stereocenters. The van der Waals surface area contributed by atoms with E-state index in [9.17, 15) is 18.0 Å². The Bertz CT molecular complexity index is 490. The van der Waals surface area contributed by atoms with Gasteiger partial charge in [0.25, 0.3) is 0 Å². The van der Waals surface area contributed by atoms with E-state index in [1.807, 2.05) is 0 Å². The van der Waals surface area contributed by atoms with Gasteiger partial charge < -0.3 is 11.1 Å². The molecule has 2 rings (SSSR count). The minimum Gasteiger partial charge on any atom is -0.352 e. The van der Waals surface area contributed by atoms with Gasteiger partial charge in [-0.05, 0) is 30.5 Å². The number of benzene rings is 1. The second-order valence-electron chi connectivity index (χ2n) is 5.22. The fourth-order valence-electron chi connectivity index (χ4n) is 2.35. The number of rotatable bonds is 4.